The van der Waals surface area contributed by atoms with Gasteiger partial charge in [0.05, 0.1) is 11.3 Å². The SMILES string of the molecule is Cc1c(C(=O)O)c(F)cc(C(F)(F)F)c1N(C(=O)OC(C)(C)C)C(=O)OC(C)(C)C. The zero-order valence-electron chi connectivity index (χ0n) is 17.5. The molecule has 1 rings (SSSR count). The van der Waals surface area contributed by atoms with E-state index in [4.69, 9.17) is 9.47 Å². The molecule has 11 heteroatoms. The third kappa shape index (κ3) is 6.07. The van der Waals surface area contributed by atoms with Crippen LogP contribution in [-0.2, 0) is 15.7 Å². The number of amides is 2. The van der Waals surface area contributed by atoms with Gasteiger partial charge in [-0.3, -0.25) is 0 Å². The largest absolute Gasteiger partial charge is 0.478 e. The Morgan fingerprint density at radius 3 is 1.63 bits per heavy atom. The Morgan fingerprint density at radius 1 is 0.933 bits per heavy atom. The first-order valence-electron chi connectivity index (χ1n) is 8.66. The second-order valence-corrected chi connectivity index (χ2v) is 8.35. The molecule has 168 valence electrons. The molecule has 0 radical (unpaired) electrons. The van der Waals surface area contributed by atoms with E-state index < -0.39 is 63.7 Å². The number of carbonyl (C=O) groups is 3. The first-order chi connectivity index (χ1) is 13.3. The molecule has 0 aliphatic heterocycles. The molecule has 7 nitrogen and oxygen atoms in total. The normalized spacial score (nSPS) is 12.4. The summed E-state index contributed by atoms with van der Waals surface area (Å²) < 4.78 is 65.2. The number of aromatic carboxylic acids is 1. The third-order valence-electron chi connectivity index (χ3n) is 3.39. The maximum atomic E-state index is 14.1. The summed E-state index contributed by atoms with van der Waals surface area (Å²) in [6, 6.07) is -0.0898. The molecule has 0 aromatic heterocycles. The van der Waals surface area contributed by atoms with Gasteiger partial charge in [0, 0.05) is 0 Å². The van der Waals surface area contributed by atoms with Crippen molar-refractivity contribution in [2.75, 3.05) is 4.90 Å². The molecule has 1 aromatic carbocycles. The van der Waals surface area contributed by atoms with Crippen molar-refractivity contribution in [3.05, 3.63) is 28.6 Å². The summed E-state index contributed by atoms with van der Waals surface area (Å²) >= 11 is 0. The highest BCUT2D eigenvalue weighted by Crippen LogP contribution is 2.41. The second-order valence-electron chi connectivity index (χ2n) is 8.35. The molecule has 30 heavy (non-hydrogen) atoms. The van der Waals surface area contributed by atoms with Crippen molar-refractivity contribution in [2.24, 2.45) is 0 Å². The number of carboxylic acid groups (broad SMARTS) is 1. The van der Waals surface area contributed by atoms with E-state index in [0.29, 0.717) is 0 Å². The summed E-state index contributed by atoms with van der Waals surface area (Å²) in [6.07, 6.45) is -8.33. The summed E-state index contributed by atoms with van der Waals surface area (Å²) in [6.45, 7) is 9.28. The second kappa shape index (κ2) is 8.11. The lowest BCUT2D eigenvalue weighted by Crippen LogP contribution is -2.45. The van der Waals surface area contributed by atoms with Crippen LogP contribution in [0.15, 0.2) is 6.07 Å². The van der Waals surface area contributed by atoms with Crippen LogP contribution in [0.25, 0.3) is 0 Å². The van der Waals surface area contributed by atoms with Gasteiger partial charge >= 0.3 is 24.3 Å². The lowest BCUT2D eigenvalue weighted by Gasteiger charge is -2.31. The number of hydrogen-bond acceptors (Lipinski definition) is 5. The van der Waals surface area contributed by atoms with E-state index in [9.17, 15) is 37.1 Å². The van der Waals surface area contributed by atoms with Gasteiger partial charge < -0.3 is 14.6 Å². The van der Waals surface area contributed by atoms with Gasteiger partial charge in [0.25, 0.3) is 0 Å². The van der Waals surface area contributed by atoms with Crippen LogP contribution in [0.4, 0.5) is 32.8 Å². The van der Waals surface area contributed by atoms with Crippen LogP contribution in [0.3, 0.4) is 0 Å². The van der Waals surface area contributed by atoms with E-state index in [1.807, 2.05) is 0 Å². The zero-order valence-corrected chi connectivity index (χ0v) is 17.5. The minimum absolute atomic E-state index is 0.0689. The molecule has 1 aromatic rings. The molecule has 0 bridgehead atoms. The molecule has 0 atom stereocenters. The van der Waals surface area contributed by atoms with Crippen molar-refractivity contribution in [3.63, 3.8) is 0 Å². The number of carbonyl (C=O) groups excluding carboxylic acids is 2. The Kier molecular flexibility index (Phi) is 6.81. The number of carboxylic acids is 1. The fourth-order valence-electron chi connectivity index (χ4n) is 2.41. The fraction of sp³-hybridized carbons (Fsp3) is 0.526. The quantitative estimate of drug-likeness (QED) is 0.612. The van der Waals surface area contributed by atoms with Gasteiger partial charge in [-0.2, -0.15) is 18.1 Å². The van der Waals surface area contributed by atoms with E-state index in [-0.39, 0.29) is 11.0 Å². The Balaban J connectivity index is 3.93. The minimum Gasteiger partial charge on any atom is -0.478 e. The lowest BCUT2D eigenvalue weighted by atomic mass is 9.99. The highest BCUT2D eigenvalue weighted by atomic mass is 19.4. The van der Waals surface area contributed by atoms with Crippen LogP contribution >= 0.6 is 0 Å². The minimum atomic E-state index is -5.24. The molecule has 0 aliphatic carbocycles. The lowest BCUT2D eigenvalue weighted by molar-refractivity contribution is -0.137. The number of anilines is 1. The van der Waals surface area contributed by atoms with Gasteiger partial charge in [-0.15, -0.1) is 0 Å². The average Bonchev–Trinajstić information content (AvgIpc) is 2.44. The summed E-state index contributed by atoms with van der Waals surface area (Å²) in [7, 11) is 0. The molecular formula is C19H23F4NO6. The molecule has 1 N–H and O–H groups in total. The Hall–Kier alpha value is -2.85. The van der Waals surface area contributed by atoms with Crippen molar-refractivity contribution >= 4 is 23.8 Å². The van der Waals surface area contributed by atoms with E-state index >= 15 is 0 Å². The summed E-state index contributed by atoms with van der Waals surface area (Å²) in [5, 5.41) is 9.22. The molecule has 0 saturated carbocycles. The van der Waals surface area contributed by atoms with E-state index in [0.717, 1.165) is 6.92 Å². The van der Waals surface area contributed by atoms with Gasteiger partial charge in [0.15, 0.2) is 0 Å². The highest BCUT2D eigenvalue weighted by molar-refractivity contribution is 6.11. The zero-order chi connectivity index (χ0) is 23.8. The fourth-order valence-corrected chi connectivity index (χ4v) is 2.41. The number of ether oxygens (including phenoxy) is 2. The number of nitrogens with zero attached hydrogens (tertiary/aromatic N) is 1. The monoisotopic (exact) mass is 437 g/mol. The summed E-state index contributed by atoms with van der Waals surface area (Å²) in [5.41, 5.74) is -7.30. The van der Waals surface area contributed by atoms with E-state index in [2.05, 4.69) is 0 Å². The van der Waals surface area contributed by atoms with Crippen molar-refractivity contribution in [2.45, 2.75) is 65.8 Å². The van der Waals surface area contributed by atoms with Gasteiger partial charge in [0.2, 0.25) is 0 Å². The molecule has 0 heterocycles. The van der Waals surface area contributed by atoms with Crippen LogP contribution in [0.1, 0.15) is 63.0 Å². The highest BCUT2D eigenvalue weighted by Gasteiger charge is 2.43. The van der Waals surface area contributed by atoms with Gasteiger partial charge in [0.1, 0.15) is 22.6 Å². The van der Waals surface area contributed by atoms with Crippen molar-refractivity contribution < 1.29 is 46.5 Å². The number of imide groups is 1. The number of benzene rings is 1. The smallest absolute Gasteiger partial charge is 0.424 e. The van der Waals surface area contributed by atoms with E-state index in [1.165, 1.54) is 41.5 Å². The maximum Gasteiger partial charge on any atom is 0.424 e. The number of alkyl halides is 3. The standard InChI is InChI=1S/C19H23F4NO6/c1-9-12(14(25)26)11(20)8-10(19(21,22)23)13(9)24(15(27)29-17(2,3)4)16(28)30-18(5,6)7/h8H,1-7H3,(H,25,26). The molecule has 0 aliphatic rings. The van der Waals surface area contributed by atoms with Crippen molar-refractivity contribution in [1.82, 2.24) is 0 Å². The Morgan fingerprint density at radius 2 is 1.33 bits per heavy atom. The van der Waals surface area contributed by atoms with Crippen LogP contribution < -0.4 is 4.90 Å². The third-order valence-corrected chi connectivity index (χ3v) is 3.39. The molecule has 0 unspecified atom stereocenters. The molecule has 0 fully saturated rings. The molecular weight excluding hydrogens is 414 g/mol. The van der Waals surface area contributed by atoms with Crippen LogP contribution in [0.2, 0.25) is 0 Å². The van der Waals surface area contributed by atoms with Crippen LogP contribution in [0, 0.1) is 12.7 Å². The number of hydrogen-bond donors (Lipinski definition) is 1. The maximum absolute atomic E-state index is 14.1. The number of halogens is 4. The van der Waals surface area contributed by atoms with Gasteiger partial charge in [-0.25, -0.2) is 18.8 Å². The van der Waals surface area contributed by atoms with Gasteiger partial charge in [-0.1, -0.05) is 0 Å². The molecule has 0 saturated heterocycles. The number of rotatable bonds is 2. The molecule has 2 amide bonds. The Labute approximate surface area is 170 Å². The van der Waals surface area contributed by atoms with Crippen molar-refractivity contribution in [1.29, 1.82) is 0 Å². The first-order valence-corrected chi connectivity index (χ1v) is 8.66. The summed E-state index contributed by atoms with van der Waals surface area (Å²) in [5.74, 6) is -3.56. The predicted molar refractivity (Wildman–Crippen MR) is 98.0 cm³/mol. The average molecular weight is 437 g/mol. The van der Waals surface area contributed by atoms with Crippen molar-refractivity contribution in [3.8, 4) is 0 Å². The predicted octanol–water partition coefficient (Wildman–Crippen LogP) is 5.53. The van der Waals surface area contributed by atoms with Crippen LogP contribution in [-0.4, -0.2) is 34.5 Å². The summed E-state index contributed by atoms with van der Waals surface area (Å²) in [4.78, 5) is 36.7. The molecule has 0 spiro atoms. The van der Waals surface area contributed by atoms with E-state index in [1.54, 1.807) is 0 Å². The Bertz CT molecular complexity index is 838. The topological polar surface area (TPSA) is 93.1 Å². The van der Waals surface area contributed by atoms with Crippen LogP contribution in [0.5, 0.6) is 0 Å². The first kappa shape index (κ1) is 25.2. The van der Waals surface area contributed by atoms with Gasteiger partial charge in [-0.05, 0) is 60.1 Å².